The van der Waals surface area contributed by atoms with Gasteiger partial charge < -0.3 is 0 Å². The predicted octanol–water partition coefficient (Wildman–Crippen LogP) is 3.87. The van der Waals surface area contributed by atoms with E-state index in [-0.39, 0.29) is 0 Å². The van der Waals surface area contributed by atoms with Crippen LogP contribution in [-0.4, -0.2) is 27.2 Å². The van der Waals surface area contributed by atoms with Crippen LogP contribution in [0.2, 0.25) is 5.15 Å². The van der Waals surface area contributed by atoms with Gasteiger partial charge >= 0.3 is 0 Å². The summed E-state index contributed by atoms with van der Waals surface area (Å²) in [4.78, 5) is 10.0. The van der Waals surface area contributed by atoms with E-state index < -0.39 is 0 Å². The molecule has 1 aliphatic heterocycles. The molecule has 0 aliphatic carbocycles. The first kappa shape index (κ1) is 11.1. The molecule has 16 heavy (non-hydrogen) atoms. The number of rotatable bonds is 1. The molecule has 84 valence electrons. The lowest BCUT2D eigenvalue weighted by molar-refractivity contribution is 0.946. The number of hydrogen-bond donors (Lipinski definition) is 0. The summed E-state index contributed by atoms with van der Waals surface area (Å²) in [6.07, 6.45) is 0. The van der Waals surface area contributed by atoms with E-state index >= 15 is 0 Å². The average molecular weight is 289 g/mol. The van der Waals surface area contributed by atoms with Crippen LogP contribution in [0.4, 0.5) is 0 Å². The monoisotopic (exact) mass is 288 g/mol. The van der Waals surface area contributed by atoms with Crippen LogP contribution in [-0.2, 0) is 0 Å². The molecule has 0 radical (unpaired) electrons. The zero-order valence-corrected chi connectivity index (χ0v) is 11.6. The molecule has 0 bridgehead atoms. The van der Waals surface area contributed by atoms with Crippen molar-refractivity contribution in [2.45, 2.75) is 5.25 Å². The highest BCUT2D eigenvalue weighted by Crippen LogP contribution is 2.37. The van der Waals surface area contributed by atoms with Gasteiger partial charge in [-0.3, -0.25) is 0 Å². The molecule has 0 N–H and O–H groups in total. The van der Waals surface area contributed by atoms with Crippen molar-refractivity contribution in [3.05, 3.63) is 22.4 Å². The Morgan fingerprint density at radius 3 is 3.06 bits per heavy atom. The van der Waals surface area contributed by atoms with Gasteiger partial charge in [0.25, 0.3) is 0 Å². The molecule has 3 heterocycles. The van der Waals surface area contributed by atoms with Gasteiger partial charge in [0.2, 0.25) is 0 Å². The minimum atomic E-state index is 0.405. The van der Waals surface area contributed by atoms with Gasteiger partial charge in [-0.05, 0) is 11.4 Å². The number of thiophene rings is 1. The summed E-state index contributed by atoms with van der Waals surface area (Å²) >= 11 is 11.7. The second kappa shape index (κ2) is 4.72. The molecule has 0 aromatic carbocycles. The summed E-state index contributed by atoms with van der Waals surface area (Å²) in [6.45, 7) is 0. The van der Waals surface area contributed by atoms with Gasteiger partial charge in [0.05, 0.1) is 5.25 Å². The SMILES string of the molecule is Clc1nc(C2CSCCS2)nc2sccc12. The Balaban J connectivity index is 2.02. The number of hydrogen-bond acceptors (Lipinski definition) is 5. The smallest absolute Gasteiger partial charge is 0.145 e. The molecule has 0 amide bonds. The van der Waals surface area contributed by atoms with E-state index in [1.54, 1.807) is 11.3 Å². The third-order valence-electron chi connectivity index (χ3n) is 2.40. The van der Waals surface area contributed by atoms with Crippen LogP contribution in [0, 0.1) is 0 Å². The van der Waals surface area contributed by atoms with Gasteiger partial charge in [0.1, 0.15) is 15.8 Å². The van der Waals surface area contributed by atoms with E-state index in [2.05, 4.69) is 9.97 Å². The second-order valence-electron chi connectivity index (χ2n) is 3.45. The summed E-state index contributed by atoms with van der Waals surface area (Å²) in [5.74, 6) is 4.41. The maximum absolute atomic E-state index is 6.16. The van der Waals surface area contributed by atoms with Crippen molar-refractivity contribution in [2.75, 3.05) is 17.3 Å². The van der Waals surface area contributed by atoms with Crippen LogP contribution >= 0.6 is 46.5 Å². The molecule has 0 spiro atoms. The van der Waals surface area contributed by atoms with Crippen molar-refractivity contribution >= 4 is 56.7 Å². The summed E-state index contributed by atoms with van der Waals surface area (Å²) in [6, 6.07) is 1.98. The van der Waals surface area contributed by atoms with E-state index in [9.17, 15) is 0 Å². The van der Waals surface area contributed by atoms with Crippen molar-refractivity contribution in [3.8, 4) is 0 Å². The molecular formula is C10H9ClN2S3. The van der Waals surface area contributed by atoms with Crippen LogP contribution in [0.15, 0.2) is 11.4 Å². The average Bonchev–Trinajstić information content (AvgIpc) is 2.79. The highest BCUT2D eigenvalue weighted by molar-refractivity contribution is 8.06. The van der Waals surface area contributed by atoms with E-state index in [0.717, 1.165) is 21.8 Å². The van der Waals surface area contributed by atoms with Crippen LogP contribution in [0.25, 0.3) is 10.2 Å². The molecule has 2 aromatic rings. The minimum absolute atomic E-state index is 0.405. The van der Waals surface area contributed by atoms with Crippen LogP contribution in [0.5, 0.6) is 0 Å². The zero-order valence-electron chi connectivity index (χ0n) is 8.35. The zero-order chi connectivity index (χ0) is 11.0. The highest BCUT2D eigenvalue weighted by Gasteiger charge is 2.20. The number of halogens is 1. The summed E-state index contributed by atoms with van der Waals surface area (Å²) < 4.78 is 0. The van der Waals surface area contributed by atoms with Crippen LogP contribution in [0.3, 0.4) is 0 Å². The Morgan fingerprint density at radius 1 is 1.31 bits per heavy atom. The maximum atomic E-state index is 6.16. The van der Waals surface area contributed by atoms with Crippen LogP contribution < -0.4 is 0 Å². The lowest BCUT2D eigenvalue weighted by atomic mass is 10.4. The normalized spacial score (nSPS) is 21.4. The quantitative estimate of drug-likeness (QED) is 0.744. The molecule has 1 unspecified atom stereocenters. The Kier molecular flexibility index (Phi) is 3.29. The first-order valence-corrected chi connectivity index (χ1v) is 8.40. The molecule has 6 heteroatoms. The first-order chi connectivity index (χ1) is 7.84. The lowest BCUT2D eigenvalue weighted by Crippen LogP contribution is -2.10. The van der Waals surface area contributed by atoms with E-state index in [0.29, 0.717) is 10.4 Å². The van der Waals surface area contributed by atoms with Gasteiger partial charge in [-0.2, -0.15) is 11.8 Å². The highest BCUT2D eigenvalue weighted by atomic mass is 35.5. The van der Waals surface area contributed by atoms with Gasteiger partial charge in [-0.1, -0.05) is 11.6 Å². The predicted molar refractivity (Wildman–Crippen MR) is 74.9 cm³/mol. The Hall–Kier alpha value is 0.0300. The number of aromatic nitrogens is 2. The summed E-state index contributed by atoms with van der Waals surface area (Å²) in [5, 5.41) is 3.99. The lowest BCUT2D eigenvalue weighted by Gasteiger charge is -2.19. The number of nitrogens with zero attached hydrogens (tertiary/aromatic N) is 2. The number of fused-ring (bicyclic) bond motifs is 1. The molecular weight excluding hydrogens is 280 g/mol. The standard InChI is InChI=1S/C10H9ClN2S3/c11-8-6-1-2-16-10(6)13-9(12-8)7-5-14-3-4-15-7/h1-2,7H,3-5H2. The molecule has 3 rings (SSSR count). The Labute approximate surface area is 111 Å². The molecule has 2 nitrogen and oxygen atoms in total. The van der Waals surface area contributed by atoms with Crippen molar-refractivity contribution in [3.63, 3.8) is 0 Å². The third kappa shape index (κ3) is 2.06. The van der Waals surface area contributed by atoms with Crippen molar-refractivity contribution in [1.82, 2.24) is 9.97 Å². The van der Waals surface area contributed by atoms with Gasteiger partial charge in [-0.15, -0.1) is 23.1 Å². The van der Waals surface area contributed by atoms with Gasteiger partial charge in [0.15, 0.2) is 0 Å². The van der Waals surface area contributed by atoms with Crippen LogP contribution in [0.1, 0.15) is 11.1 Å². The van der Waals surface area contributed by atoms with Gasteiger partial charge in [0, 0.05) is 22.6 Å². The van der Waals surface area contributed by atoms with E-state index in [1.807, 2.05) is 35.0 Å². The van der Waals surface area contributed by atoms with E-state index in [1.165, 1.54) is 11.5 Å². The minimum Gasteiger partial charge on any atom is -0.221 e. The topological polar surface area (TPSA) is 25.8 Å². The molecule has 1 saturated heterocycles. The largest absolute Gasteiger partial charge is 0.221 e. The fraction of sp³-hybridized carbons (Fsp3) is 0.400. The fourth-order valence-electron chi connectivity index (χ4n) is 1.62. The summed E-state index contributed by atoms with van der Waals surface area (Å²) in [7, 11) is 0. The third-order valence-corrected chi connectivity index (χ3v) is 6.25. The second-order valence-corrected chi connectivity index (χ2v) is 7.16. The first-order valence-electron chi connectivity index (χ1n) is 4.94. The van der Waals surface area contributed by atoms with Crippen molar-refractivity contribution < 1.29 is 0 Å². The molecule has 1 fully saturated rings. The molecule has 2 aromatic heterocycles. The Morgan fingerprint density at radius 2 is 2.25 bits per heavy atom. The van der Waals surface area contributed by atoms with Gasteiger partial charge in [-0.25, -0.2) is 9.97 Å². The van der Waals surface area contributed by atoms with E-state index in [4.69, 9.17) is 11.6 Å². The maximum Gasteiger partial charge on any atom is 0.145 e. The number of thioether (sulfide) groups is 2. The van der Waals surface area contributed by atoms with Crippen molar-refractivity contribution in [1.29, 1.82) is 0 Å². The molecule has 1 atom stereocenters. The van der Waals surface area contributed by atoms with Crippen molar-refractivity contribution in [2.24, 2.45) is 0 Å². The molecule has 0 saturated carbocycles. The summed E-state index contributed by atoms with van der Waals surface area (Å²) in [5.41, 5.74) is 0. The fourth-order valence-corrected chi connectivity index (χ4v) is 5.28. The molecule has 1 aliphatic rings. The Bertz CT molecular complexity index is 508.